The minimum Gasteiger partial charge on any atom is -0.466 e. The van der Waals surface area contributed by atoms with Crippen LogP contribution in [0.15, 0.2) is 0 Å². The molecule has 0 bridgehead atoms. The Morgan fingerprint density at radius 1 is 1.57 bits per heavy atom. The van der Waals surface area contributed by atoms with Crippen molar-refractivity contribution in [3.8, 4) is 0 Å². The molecule has 0 spiro atoms. The molecule has 0 aliphatic heterocycles. The van der Waals surface area contributed by atoms with Crippen molar-refractivity contribution in [3.63, 3.8) is 0 Å². The van der Waals surface area contributed by atoms with Gasteiger partial charge in [0, 0.05) is 19.6 Å². The molecular weight excluding hydrogens is 180 g/mol. The van der Waals surface area contributed by atoms with E-state index >= 15 is 0 Å². The molecule has 0 rings (SSSR count). The van der Waals surface area contributed by atoms with Crippen LogP contribution < -0.4 is 5.32 Å². The van der Waals surface area contributed by atoms with E-state index in [1.807, 2.05) is 27.9 Å². The fourth-order valence-electron chi connectivity index (χ4n) is 1.22. The fraction of sp³-hybridized carbons (Fsp3) is 0.900. The van der Waals surface area contributed by atoms with Crippen molar-refractivity contribution in [1.82, 2.24) is 10.2 Å². The molecule has 0 saturated heterocycles. The lowest BCUT2D eigenvalue weighted by atomic mass is 10.2. The molecular formula is C10H22N2O2. The summed E-state index contributed by atoms with van der Waals surface area (Å²) in [6.45, 7) is 6.82. The van der Waals surface area contributed by atoms with Crippen LogP contribution in [-0.4, -0.2) is 51.2 Å². The maximum atomic E-state index is 11.3. The van der Waals surface area contributed by atoms with E-state index in [2.05, 4.69) is 10.2 Å². The summed E-state index contributed by atoms with van der Waals surface area (Å²) in [7, 11) is 3.93. The maximum absolute atomic E-state index is 11.3. The molecule has 0 fully saturated rings. The Bertz CT molecular complexity index is 162. The lowest BCUT2D eigenvalue weighted by molar-refractivity contribution is -0.147. The zero-order chi connectivity index (χ0) is 11.0. The molecule has 4 nitrogen and oxygen atoms in total. The molecule has 0 heterocycles. The Morgan fingerprint density at radius 2 is 2.21 bits per heavy atom. The zero-order valence-corrected chi connectivity index (χ0v) is 9.67. The van der Waals surface area contributed by atoms with Crippen molar-refractivity contribution in [1.29, 1.82) is 0 Å². The maximum Gasteiger partial charge on any atom is 0.309 e. The third-order valence-electron chi connectivity index (χ3n) is 2.02. The van der Waals surface area contributed by atoms with E-state index in [9.17, 15) is 4.79 Å². The molecule has 0 aromatic carbocycles. The van der Waals surface area contributed by atoms with E-state index in [4.69, 9.17) is 4.74 Å². The molecule has 0 radical (unpaired) electrons. The highest BCUT2D eigenvalue weighted by Gasteiger charge is 2.15. The largest absolute Gasteiger partial charge is 0.466 e. The monoisotopic (exact) mass is 202 g/mol. The molecule has 4 heteroatoms. The molecule has 1 unspecified atom stereocenters. The summed E-state index contributed by atoms with van der Waals surface area (Å²) in [6, 6.07) is 0. The van der Waals surface area contributed by atoms with Gasteiger partial charge in [0.05, 0.1) is 12.5 Å². The van der Waals surface area contributed by atoms with Gasteiger partial charge in [0.2, 0.25) is 0 Å². The number of likely N-dealkylation sites (N-methyl/N-ethyl adjacent to an activating group) is 2. The highest BCUT2D eigenvalue weighted by molar-refractivity contribution is 5.72. The summed E-state index contributed by atoms with van der Waals surface area (Å²) < 4.78 is 4.93. The quantitative estimate of drug-likeness (QED) is 0.604. The number of hydrogen-bond donors (Lipinski definition) is 1. The van der Waals surface area contributed by atoms with Crippen LogP contribution in [-0.2, 0) is 9.53 Å². The minimum atomic E-state index is -0.108. The van der Waals surface area contributed by atoms with Crippen molar-refractivity contribution >= 4 is 5.97 Å². The first-order valence-electron chi connectivity index (χ1n) is 5.11. The second-order valence-electron chi connectivity index (χ2n) is 3.52. The van der Waals surface area contributed by atoms with E-state index in [1.54, 1.807) is 0 Å². The topological polar surface area (TPSA) is 41.6 Å². The molecule has 0 aromatic rings. The van der Waals surface area contributed by atoms with Crippen LogP contribution in [0, 0.1) is 5.92 Å². The molecule has 14 heavy (non-hydrogen) atoms. The van der Waals surface area contributed by atoms with Crippen molar-refractivity contribution in [2.24, 2.45) is 5.92 Å². The van der Waals surface area contributed by atoms with Crippen molar-refractivity contribution in [2.45, 2.75) is 13.8 Å². The summed E-state index contributed by atoms with van der Waals surface area (Å²) in [5, 5.41) is 3.07. The molecule has 0 aliphatic rings. The minimum absolute atomic E-state index is 0.0446. The number of nitrogens with zero attached hydrogens (tertiary/aromatic N) is 1. The van der Waals surface area contributed by atoms with Gasteiger partial charge < -0.3 is 15.0 Å². The van der Waals surface area contributed by atoms with Crippen LogP contribution in [0.2, 0.25) is 0 Å². The lowest BCUT2D eigenvalue weighted by Gasteiger charge is -2.19. The number of hydrogen-bond acceptors (Lipinski definition) is 4. The molecule has 0 aliphatic carbocycles. The van der Waals surface area contributed by atoms with Crippen LogP contribution >= 0.6 is 0 Å². The Labute approximate surface area is 86.6 Å². The van der Waals surface area contributed by atoms with Gasteiger partial charge in [0.1, 0.15) is 0 Å². The second kappa shape index (κ2) is 7.76. The normalized spacial score (nSPS) is 12.9. The van der Waals surface area contributed by atoms with Crippen LogP contribution in [0.25, 0.3) is 0 Å². The number of ether oxygens (including phenoxy) is 1. The van der Waals surface area contributed by atoms with E-state index in [0.29, 0.717) is 6.61 Å². The average molecular weight is 202 g/mol. The summed E-state index contributed by atoms with van der Waals surface area (Å²) >= 11 is 0. The number of rotatable bonds is 7. The van der Waals surface area contributed by atoms with E-state index in [-0.39, 0.29) is 11.9 Å². The Hall–Kier alpha value is -0.610. The molecule has 0 saturated carbocycles. The Balaban J connectivity index is 3.68. The van der Waals surface area contributed by atoms with Crippen molar-refractivity contribution in [2.75, 3.05) is 40.3 Å². The zero-order valence-electron chi connectivity index (χ0n) is 9.67. The van der Waals surface area contributed by atoms with E-state index in [0.717, 1.165) is 19.6 Å². The third-order valence-corrected chi connectivity index (χ3v) is 2.02. The smallest absolute Gasteiger partial charge is 0.309 e. The van der Waals surface area contributed by atoms with Crippen LogP contribution in [0.1, 0.15) is 13.8 Å². The highest BCUT2D eigenvalue weighted by Crippen LogP contribution is 2.00. The first kappa shape index (κ1) is 13.4. The second-order valence-corrected chi connectivity index (χ2v) is 3.52. The van der Waals surface area contributed by atoms with Gasteiger partial charge >= 0.3 is 5.97 Å². The molecule has 84 valence electrons. The number of carbonyl (C=O) groups is 1. The van der Waals surface area contributed by atoms with Crippen LogP contribution in [0.3, 0.4) is 0 Å². The average Bonchev–Trinajstić information content (AvgIpc) is 2.15. The number of nitrogens with one attached hydrogen (secondary N) is 1. The molecule has 0 aromatic heterocycles. The molecule has 0 amide bonds. The Kier molecular flexibility index (Phi) is 7.42. The van der Waals surface area contributed by atoms with Crippen LogP contribution in [0.4, 0.5) is 0 Å². The highest BCUT2D eigenvalue weighted by atomic mass is 16.5. The van der Waals surface area contributed by atoms with Gasteiger partial charge in [-0.2, -0.15) is 0 Å². The van der Waals surface area contributed by atoms with Gasteiger partial charge in [-0.25, -0.2) is 0 Å². The first-order chi connectivity index (χ1) is 6.61. The summed E-state index contributed by atoms with van der Waals surface area (Å²) in [4.78, 5) is 13.4. The summed E-state index contributed by atoms with van der Waals surface area (Å²) in [5.41, 5.74) is 0. The van der Waals surface area contributed by atoms with Crippen molar-refractivity contribution < 1.29 is 9.53 Å². The van der Waals surface area contributed by atoms with Gasteiger partial charge in [-0.1, -0.05) is 6.92 Å². The fourth-order valence-corrected chi connectivity index (χ4v) is 1.22. The van der Waals surface area contributed by atoms with Gasteiger partial charge in [0.15, 0.2) is 0 Å². The van der Waals surface area contributed by atoms with Crippen molar-refractivity contribution in [3.05, 3.63) is 0 Å². The summed E-state index contributed by atoms with van der Waals surface area (Å²) in [6.07, 6.45) is 0. The van der Waals surface area contributed by atoms with E-state index < -0.39 is 0 Å². The van der Waals surface area contributed by atoms with Gasteiger partial charge in [0.25, 0.3) is 0 Å². The van der Waals surface area contributed by atoms with E-state index in [1.165, 1.54) is 0 Å². The van der Waals surface area contributed by atoms with Gasteiger partial charge in [-0.15, -0.1) is 0 Å². The predicted octanol–water partition coefficient (Wildman–Crippen LogP) is 0.337. The Morgan fingerprint density at radius 3 is 2.71 bits per heavy atom. The van der Waals surface area contributed by atoms with Crippen LogP contribution in [0.5, 0.6) is 0 Å². The lowest BCUT2D eigenvalue weighted by Crippen LogP contribution is -2.33. The summed E-state index contributed by atoms with van der Waals surface area (Å²) in [5.74, 6) is -0.152. The standard InChI is InChI=1S/C10H22N2O2/c1-5-14-10(13)9(2)8-12(4)7-6-11-3/h9,11H,5-8H2,1-4H3. The van der Waals surface area contributed by atoms with Gasteiger partial charge in [-0.05, 0) is 21.0 Å². The number of carbonyl (C=O) groups excluding carboxylic acids is 1. The molecule has 1 N–H and O–H groups in total. The first-order valence-corrected chi connectivity index (χ1v) is 5.11. The predicted molar refractivity (Wildman–Crippen MR) is 57.2 cm³/mol. The van der Waals surface area contributed by atoms with Gasteiger partial charge in [-0.3, -0.25) is 4.79 Å². The third kappa shape index (κ3) is 5.94. The molecule has 1 atom stereocenters. The SMILES string of the molecule is CCOC(=O)C(C)CN(C)CCNC. The number of esters is 1.